The number of hydrogen-bond acceptors (Lipinski definition) is 5. The maximum Gasteiger partial charge on any atom is 0.259 e. The van der Waals surface area contributed by atoms with Gasteiger partial charge in [-0.2, -0.15) is 0 Å². The molecule has 0 saturated heterocycles. The summed E-state index contributed by atoms with van der Waals surface area (Å²) in [4.78, 5) is 25.7. The van der Waals surface area contributed by atoms with Gasteiger partial charge in [0.15, 0.2) is 0 Å². The van der Waals surface area contributed by atoms with Crippen LogP contribution in [0.1, 0.15) is 60.2 Å². The zero-order valence-corrected chi connectivity index (χ0v) is 23.5. The summed E-state index contributed by atoms with van der Waals surface area (Å²) < 4.78 is 17.5. The summed E-state index contributed by atoms with van der Waals surface area (Å²) in [5.74, 6) is 1.89. The number of benzene rings is 4. The average molecular weight is 553 g/mol. The minimum absolute atomic E-state index is 0.237. The topological polar surface area (TPSA) is 85.9 Å². The Morgan fingerprint density at radius 3 is 1.34 bits per heavy atom. The molecule has 0 radical (unpaired) electrons. The van der Waals surface area contributed by atoms with Crippen LogP contribution in [0.4, 0.5) is 11.4 Å². The lowest BCUT2D eigenvalue weighted by Gasteiger charge is -2.12. The van der Waals surface area contributed by atoms with Crippen LogP contribution in [0.15, 0.2) is 97.1 Å². The van der Waals surface area contributed by atoms with Crippen LogP contribution in [-0.4, -0.2) is 25.0 Å². The van der Waals surface area contributed by atoms with Gasteiger partial charge in [-0.3, -0.25) is 9.59 Å². The van der Waals surface area contributed by atoms with E-state index in [-0.39, 0.29) is 11.8 Å². The smallest absolute Gasteiger partial charge is 0.259 e. The number of unbranched alkanes of at least 4 members (excludes halogenated alkanes) is 2. The molecule has 0 bridgehead atoms. The molecule has 0 aliphatic carbocycles. The first-order chi connectivity index (χ1) is 20.1. The van der Waals surface area contributed by atoms with Crippen LogP contribution in [0.2, 0.25) is 0 Å². The first-order valence-corrected chi connectivity index (χ1v) is 14.0. The van der Waals surface area contributed by atoms with Gasteiger partial charge in [0.05, 0.1) is 24.3 Å². The third-order valence-electron chi connectivity index (χ3n) is 6.23. The van der Waals surface area contributed by atoms with Crippen molar-refractivity contribution < 1.29 is 23.8 Å². The van der Waals surface area contributed by atoms with Crippen molar-refractivity contribution in [2.45, 2.75) is 39.5 Å². The molecule has 0 aliphatic rings. The predicted molar refractivity (Wildman–Crippen MR) is 163 cm³/mol. The number of nitrogens with one attached hydrogen (secondary N) is 2. The summed E-state index contributed by atoms with van der Waals surface area (Å²) in [5, 5.41) is 5.83. The summed E-state index contributed by atoms with van der Waals surface area (Å²) in [6, 6.07) is 28.7. The quantitative estimate of drug-likeness (QED) is 0.154. The zero-order valence-electron chi connectivity index (χ0n) is 23.5. The molecule has 4 aromatic rings. The summed E-state index contributed by atoms with van der Waals surface area (Å²) in [6.45, 7) is 5.33. The van der Waals surface area contributed by atoms with Crippen molar-refractivity contribution in [2.24, 2.45) is 0 Å². The van der Waals surface area contributed by atoms with E-state index in [4.69, 9.17) is 14.2 Å². The molecule has 2 amide bonds. The van der Waals surface area contributed by atoms with Crippen LogP contribution in [0.5, 0.6) is 23.0 Å². The Balaban J connectivity index is 1.32. The number of amides is 2. The lowest BCUT2D eigenvalue weighted by atomic mass is 10.1. The second-order valence-corrected chi connectivity index (χ2v) is 9.46. The molecule has 0 saturated carbocycles. The van der Waals surface area contributed by atoms with Crippen molar-refractivity contribution in [2.75, 3.05) is 23.8 Å². The molecular formula is C34H36N2O5. The largest absolute Gasteiger partial charge is 0.493 e. The van der Waals surface area contributed by atoms with Gasteiger partial charge in [0, 0.05) is 11.4 Å². The molecule has 7 nitrogen and oxygen atoms in total. The number of para-hydroxylation sites is 2. The van der Waals surface area contributed by atoms with E-state index in [1.807, 2.05) is 24.3 Å². The summed E-state index contributed by atoms with van der Waals surface area (Å²) in [5.41, 5.74) is 2.26. The van der Waals surface area contributed by atoms with Crippen molar-refractivity contribution in [1.29, 1.82) is 0 Å². The number of rotatable bonds is 14. The zero-order chi connectivity index (χ0) is 28.9. The SMILES string of the molecule is CCCCOc1ccccc1C(=O)Nc1ccc(Oc2ccc(NC(=O)c3ccccc3OCCCC)cc2)cc1. The standard InChI is InChI=1S/C34H36N2O5/c1-3-5-23-39-31-13-9-7-11-29(31)33(37)35-25-15-19-27(20-16-25)41-28-21-17-26(18-22-28)36-34(38)30-12-8-10-14-32(30)40-24-6-4-2/h7-22H,3-6,23-24H2,1-2H3,(H,35,37)(H,36,38). The second-order valence-electron chi connectivity index (χ2n) is 9.46. The van der Waals surface area contributed by atoms with Gasteiger partial charge in [0.25, 0.3) is 11.8 Å². The van der Waals surface area contributed by atoms with E-state index < -0.39 is 0 Å². The highest BCUT2D eigenvalue weighted by molar-refractivity contribution is 6.06. The fourth-order valence-corrected chi connectivity index (χ4v) is 3.96. The maximum atomic E-state index is 12.9. The lowest BCUT2D eigenvalue weighted by molar-refractivity contribution is 0.101. The molecule has 0 fully saturated rings. The van der Waals surface area contributed by atoms with Crippen molar-refractivity contribution in [3.8, 4) is 23.0 Å². The van der Waals surface area contributed by atoms with Gasteiger partial charge < -0.3 is 24.8 Å². The van der Waals surface area contributed by atoms with E-state index in [1.165, 1.54) is 0 Å². The van der Waals surface area contributed by atoms with E-state index in [9.17, 15) is 9.59 Å². The first-order valence-electron chi connectivity index (χ1n) is 14.0. The fourth-order valence-electron chi connectivity index (χ4n) is 3.96. The number of ether oxygens (including phenoxy) is 3. The Labute approximate surface area is 241 Å². The van der Waals surface area contributed by atoms with E-state index in [0.29, 0.717) is 58.7 Å². The van der Waals surface area contributed by atoms with Gasteiger partial charge in [-0.1, -0.05) is 51.0 Å². The Kier molecular flexibility index (Phi) is 10.8. The highest BCUT2D eigenvalue weighted by atomic mass is 16.5. The second kappa shape index (κ2) is 15.1. The first kappa shape index (κ1) is 29.2. The lowest BCUT2D eigenvalue weighted by Crippen LogP contribution is -2.14. The van der Waals surface area contributed by atoms with Gasteiger partial charge in [-0.25, -0.2) is 0 Å². The van der Waals surface area contributed by atoms with E-state index in [0.717, 1.165) is 25.7 Å². The van der Waals surface area contributed by atoms with Gasteiger partial charge in [0.1, 0.15) is 23.0 Å². The predicted octanol–water partition coefficient (Wildman–Crippen LogP) is 8.34. The minimum atomic E-state index is -0.237. The fraction of sp³-hybridized carbons (Fsp3) is 0.235. The van der Waals surface area contributed by atoms with Crippen LogP contribution >= 0.6 is 0 Å². The highest BCUT2D eigenvalue weighted by Crippen LogP contribution is 2.26. The molecule has 212 valence electrons. The van der Waals surface area contributed by atoms with Crippen LogP contribution in [0.25, 0.3) is 0 Å². The highest BCUT2D eigenvalue weighted by Gasteiger charge is 2.14. The van der Waals surface area contributed by atoms with Crippen molar-refractivity contribution in [3.05, 3.63) is 108 Å². The molecule has 4 rings (SSSR count). The van der Waals surface area contributed by atoms with Gasteiger partial charge in [-0.05, 0) is 85.6 Å². The molecular weight excluding hydrogens is 516 g/mol. The third kappa shape index (κ3) is 8.60. The number of hydrogen-bond donors (Lipinski definition) is 2. The van der Waals surface area contributed by atoms with E-state index >= 15 is 0 Å². The van der Waals surface area contributed by atoms with Gasteiger partial charge in [0.2, 0.25) is 0 Å². The molecule has 0 aliphatic heterocycles. The van der Waals surface area contributed by atoms with Crippen molar-refractivity contribution in [3.63, 3.8) is 0 Å². The average Bonchev–Trinajstić information content (AvgIpc) is 3.00. The van der Waals surface area contributed by atoms with E-state index in [1.54, 1.807) is 72.8 Å². The van der Waals surface area contributed by atoms with Gasteiger partial charge >= 0.3 is 0 Å². The molecule has 0 aromatic heterocycles. The Bertz CT molecular complexity index is 1310. The Hall–Kier alpha value is -4.78. The summed E-state index contributed by atoms with van der Waals surface area (Å²) in [7, 11) is 0. The normalized spacial score (nSPS) is 10.5. The van der Waals surface area contributed by atoms with Crippen LogP contribution in [0.3, 0.4) is 0 Å². The molecule has 0 heterocycles. The monoisotopic (exact) mass is 552 g/mol. The minimum Gasteiger partial charge on any atom is -0.493 e. The number of carbonyl (C=O) groups excluding carboxylic acids is 2. The summed E-state index contributed by atoms with van der Waals surface area (Å²) >= 11 is 0. The molecule has 0 atom stereocenters. The number of carbonyl (C=O) groups is 2. The van der Waals surface area contributed by atoms with Crippen LogP contribution in [0, 0.1) is 0 Å². The maximum absolute atomic E-state index is 12.9. The Morgan fingerprint density at radius 2 is 0.951 bits per heavy atom. The molecule has 41 heavy (non-hydrogen) atoms. The Morgan fingerprint density at radius 1 is 0.561 bits per heavy atom. The van der Waals surface area contributed by atoms with Crippen molar-refractivity contribution in [1.82, 2.24) is 0 Å². The third-order valence-corrected chi connectivity index (χ3v) is 6.23. The molecule has 4 aromatic carbocycles. The van der Waals surface area contributed by atoms with Crippen LogP contribution < -0.4 is 24.8 Å². The molecule has 0 unspecified atom stereocenters. The molecule has 7 heteroatoms. The number of anilines is 2. The molecule has 2 N–H and O–H groups in total. The molecule has 0 spiro atoms. The van der Waals surface area contributed by atoms with Gasteiger partial charge in [-0.15, -0.1) is 0 Å². The summed E-state index contributed by atoms with van der Waals surface area (Å²) in [6.07, 6.45) is 3.90. The van der Waals surface area contributed by atoms with Crippen LogP contribution in [-0.2, 0) is 0 Å². The van der Waals surface area contributed by atoms with Crippen molar-refractivity contribution >= 4 is 23.2 Å². The van der Waals surface area contributed by atoms with E-state index in [2.05, 4.69) is 24.5 Å².